The zero-order valence-corrected chi connectivity index (χ0v) is 10.2. The van der Waals surface area contributed by atoms with Gasteiger partial charge in [-0.15, -0.1) is 0 Å². The van der Waals surface area contributed by atoms with Crippen LogP contribution in [0.15, 0.2) is 24.3 Å². The minimum absolute atomic E-state index is 0.368. The molecule has 1 aromatic heterocycles. The molecular weight excluding hydrogens is 232 g/mol. The van der Waals surface area contributed by atoms with Crippen LogP contribution in [0.2, 0.25) is 0 Å². The van der Waals surface area contributed by atoms with E-state index < -0.39 is 17.9 Å². The molecule has 18 heavy (non-hydrogen) atoms. The van der Waals surface area contributed by atoms with Crippen molar-refractivity contribution in [2.45, 2.75) is 19.9 Å². The minimum Gasteiger partial charge on any atom is -0.480 e. The average Bonchev–Trinajstić information content (AvgIpc) is 2.74. The molecule has 0 radical (unpaired) electrons. The number of aliphatic carboxylic acids is 1. The molecule has 2 rings (SSSR count). The molecule has 0 bridgehead atoms. The summed E-state index contributed by atoms with van der Waals surface area (Å²) in [5, 5.41) is 12.1. The summed E-state index contributed by atoms with van der Waals surface area (Å²) in [4.78, 5) is 25.5. The Kier molecular flexibility index (Phi) is 3.06. The number of fused-ring (bicyclic) bond motifs is 1. The molecule has 0 spiro atoms. The van der Waals surface area contributed by atoms with Gasteiger partial charge in [-0.2, -0.15) is 0 Å². The van der Waals surface area contributed by atoms with E-state index in [1.165, 1.54) is 6.92 Å². The van der Waals surface area contributed by atoms with E-state index in [2.05, 4.69) is 10.3 Å². The standard InChI is InChI=1S/C13H14N2O3/c1-7-4-3-5-10-9(7)6-11(15-10)12(16)14-8(2)13(17)18/h3-6,8,15H,1-2H3,(H,14,16)(H,17,18)/t8-/m0/s1. The Morgan fingerprint density at radius 3 is 2.72 bits per heavy atom. The van der Waals surface area contributed by atoms with Gasteiger partial charge in [0.15, 0.2) is 0 Å². The Labute approximate surface area is 104 Å². The SMILES string of the molecule is Cc1cccc2[nH]c(C(=O)N[C@@H](C)C(=O)O)cc12. The number of carbonyl (C=O) groups is 2. The zero-order valence-electron chi connectivity index (χ0n) is 10.2. The first-order chi connectivity index (χ1) is 8.49. The molecule has 0 aliphatic heterocycles. The van der Waals surface area contributed by atoms with Crippen molar-refractivity contribution in [3.63, 3.8) is 0 Å². The second-order valence-corrected chi connectivity index (χ2v) is 4.25. The summed E-state index contributed by atoms with van der Waals surface area (Å²) in [6, 6.07) is 6.55. The second-order valence-electron chi connectivity index (χ2n) is 4.25. The fraction of sp³-hybridized carbons (Fsp3) is 0.231. The normalized spacial score (nSPS) is 12.3. The number of hydrogen-bond acceptors (Lipinski definition) is 2. The number of carbonyl (C=O) groups excluding carboxylic acids is 1. The average molecular weight is 246 g/mol. The summed E-state index contributed by atoms with van der Waals surface area (Å²) in [6.45, 7) is 3.38. The summed E-state index contributed by atoms with van der Waals surface area (Å²) in [7, 11) is 0. The van der Waals surface area contributed by atoms with Crippen molar-refractivity contribution >= 4 is 22.8 Å². The van der Waals surface area contributed by atoms with Crippen LogP contribution in [-0.2, 0) is 4.79 Å². The van der Waals surface area contributed by atoms with E-state index >= 15 is 0 Å². The molecule has 0 unspecified atom stereocenters. The van der Waals surface area contributed by atoms with Gasteiger partial charge in [0.05, 0.1) is 0 Å². The van der Waals surface area contributed by atoms with E-state index in [1.54, 1.807) is 6.07 Å². The molecule has 0 aliphatic rings. The maximum Gasteiger partial charge on any atom is 0.325 e. The third kappa shape index (κ3) is 2.20. The molecular formula is C13H14N2O3. The highest BCUT2D eigenvalue weighted by atomic mass is 16.4. The first-order valence-corrected chi connectivity index (χ1v) is 5.61. The lowest BCUT2D eigenvalue weighted by molar-refractivity contribution is -0.138. The highest BCUT2D eigenvalue weighted by molar-refractivity contribution is 6.00. The molecule has 3 N–H and O–H groups in total. The van der Waals surface area contributed by atoms with Crippen LogP contribution in [0.5, 0.6) is 0 Å². The topological polar surface area (TPSA) is 82.2 Å². The van der Waals surface area contributed by atoms with Crippen molar-refractivity contribution in [1.82, 2.24) is 10.3 Å². The van der Waals surface area contributed by atoms with E-state index in [4.69, 9.17) is 5.11 Å². The summed E-state index contributed by atoms with van der Waals surface area (Å²) >= 11 is 0. The molecule has 1 aromatic carbocycles. The third-order valence-electron chi connectivity index (χ3n) is 2.84. The molecule has 2 aromatic rings. The Hall–Kier alpha value is -2.30. The van der Waals surface area contributed by atoms with Gasteiger partial charge in [-0.1, -0.05) is 12.1 Å². The van der Waals surface area contributed by atoms with Gasteiger partial charge in [0.25, 0.3) is 5.91 Å². The molecule has 1 atom stereocenters. The molecule has 1 heterocycles. The highest BCUT2D eigenvalue weighted by Crippen LogP contribution is 2.19. The number of aromatic amines is 1. The number of H-pyrrole nitrogens is 1. The van der Waals surface area contributed by atoms with Gasteiger partial charge >= 0.3 is 5.97 Å². The molecule has 94 valence electrons. The van der Waals surface area contributed by atoms with Crippen molar-refractivity contribution < 1.29 is 14.7 Å². The van der Waals surface area contributed by atoms with Gasteiger partial charge < -0.3 is 15.4 Å². The van der Waals surface area contributed by atoms with Crippen molar-refractivity contribution in [3.05, 3.63) is 35.5 Å². The summed E-state index contributed by atoms with van der Waals surface area (Å²) in [5.74, 6) is -1.48. The molecule has 1 amide bonds. The number of rotatable bonds is 3. The lowest BCUT2D eigenvalue weighted by atomic mass is 10.1. The largest absolute Gasteiger partial charge is 0.480 e. The van der Waals surface area contributed by atoms with Gasteiger partial charge in [-0.3, -0.25) is 9.59 Å². The first-order valence-electron chi connectivity index (χ1n) is 5.61. The molecule has 0 saturated carbocycles. The third-order valence-corrected chi connectivity index (χ3v) is 2.84. The number of benzene rings is 1. The Morgan fingerprint density at radius 1 is 1.39 bits per heavy atom. The van der Waals surface area contributed by atoms with Crippen LogP contribution in [-0.4, -0.2) is 28.0 Å². The monoisotopic (exact) mass is 246 g/mol. The van der Waals surface area contributed by atoms with Crippen LogP contribution in [0.4, 0.5) is 0 Å². The molecule has 0 aliphatic carbocycles. The quantitative estimate of drug-likeness (QED) is 0.770. The lowest BCUT2D eigenvalue weighted by Crippen LogP contribution is -2.38. The summed E-state index contributed by atoms with van der Waals surface area (Å²) in [6.07, 6.45) is 0. The summed E-state index contributed by atoms with van der Waals surface area (Å²) in [5.41, 5.74) is 2.30. The smallest absolute Gasteiger partial charge is 0.325 e. The zero-order chi connectivity index (χ0) is 13.3. The van der Waals surface area contributed by atoms with E-state index in [0.717, 1.165) is 16.5 Å². The summed E-state index contributed by atoms with van der Waals surface area (Å²) < 4.78 is 0. The van der Waals surface area contributed by atoms with E-state index in [9.17, 15) is 9.59 Å². The van der Waals surface area contributed by atoms with Crippen molar-refractivity contribution in [2.75, 3.05) is 0 Å². The van der Waals surface area contributed by atoms with Crippen molar-refractivity contribution in [3.8, 4) is 0 Å². The Morgan fingerprint density at radius 2 is 2.11 bits per heavy atom. The number of hydrogen-bond donors (Lipinski definition) is 3. The van der Waals surface area contributed by atoms with E-state index in [0.29, 0.717) is 5.69 Å². The number of nitrogens with one attached hydrogen (secondary N) is 2. The number of aryl methyl sites for hydroxylation is 1. The predicted molar refractivity (Wildman–Crippen MR) is 67.6 cm³/mol. The fourth-order valence-electron chi connectivity index (χ4n) is 1.77. The highest BCUT2D eigenvalue weighted by Gasteiger charge is 2.16. The minimum atomic E-state index is -1.06. The number of carboxylic acid groups (broad SMARTS) is 1. The van der Waals surface area contributed by atoms with E-state index in [1.807, 2.05) is 25.1 Å². The maximum absolute atomic E-state index is 11.8. The maximum atomic E-state index is 11.8. The van der Waals surface area contributed by atoms with Crippen LogP contribution in [0.25, 0.3) is 10.9 Å². The van der Waals surface area contributed by atoms with Crippen LogP contribution < -0.4 is 5.32 Å². The molecule has 0 fully saturated rings. The van der Waals surface area contributed by atoms with Crippen LogP contribution in [0, 0.1) is 6.92 Å². The lowest BCUT2D eigenvalue weighted by Gasteiger charge is -2.07. The van der Waals surface area contributed by atoms with Gasteiger partial charge in [-0.25, -0.2) is 0 Å². The second kappa shape index (κ2) is 4.52. The van der Waals surface area contributed by atoms with Gasteiger partial charge in [0, 0.05) is 10.9 Å². The number of aromatic nitrogens is 1. The van der Waals surface area contributed by atoms with Crippen LogP contribution in [0.1, 0.15) is 23.0 Å². The Balaban J connectivity index is 2.29. The van der Waals surface area contributed by atoms with Gasteiger partial charge in [0.1, 0.15) is 11.7 Å². The number of amides is 1. The van der Waals surface area contributed by atoms with Crippen molar-refractivity contribution in [2.24, 2.45) is 0 Å². The van der Waals surface area contributed by atoms with Crippen LogP contribution >= 0.6 is 0 Å². The number of carboxylic acids is 1. The van der Waals surface area contributed by atoms with Gasteiger partial charge in [-0.05, 0) is 31.5 Å². The fourth-order valence-corrected chi connectivity index (χ4v) is 1.77. The Bertz CT molecular complexity index is 616. The van der Waals surface area contributed by atoms with Crippen LogP contribution in [0.3, 0.4) is 0 Å². The van der Waals surface area contributed by atoms with Crippen molar-refractivity contribution in [1.29, 1.82) is 0 Å². The first kappa shape index (κ1) is 12.2. The molecule has 5 nitrogen and oxygen atoms in total. The van der Waals surface area contributed by atoms with E-state index in [-0.39, 0.29) is 0 Å². The molecule has 5 heteroatoms. The van der Waals surface area contributed by atoms with Gasteiger partial charge in [0.2, 0.25) is 0 Å². The molecule has 0 saturated heterocycles. The predicted octanol–water partition coefficient (Wildman–Crippen LogP) is 1.68.